The number of carbonyl (C=O) groups is 1. The second kappa shape index (κ2) is 5.88. The van der Waals surface area contributed by atoms with Gasteiger partial charge in [-0.05, 0) is 63.3 Å². The first-order valence-electron chi connectivity index (χ1n) is 8.82. The number of carbonyl (C=O) groups excluding carboxylic acids is 1. The Morgan fingerprint density at radius 2 is 2.05 bits per heavy atom. The molecule has 2 aliphatic carbocycles. The standard InChI is InChI=1S/C17H31N3O/c1-12(2)13-7-9-20(11-13)15-4-3-8-17(10-15,16(18)21)19-14-5-6-14/h12-15,19H,3-11H2,1-2H3,(H2,18,21). The van der Waals surface area contributed by atoms with E-state index in [1.54, 1.807) is 0 Å². The van der Waals surface area contributed by atoms with E-state index in [1.807, 2.05) is 0 Å². The van der Waals surface area contributed by atoms with Gasteiger partial charge in [-0.2, -0.15) is 0 Å². The summed E-state index contributed by atoms with van der Waals surface area (Å²) >= 11 is 0. The first-order valence-corrected chi connectivity index (χ1v) is 8.82. The molecule has 120 valence electrons. The van der Waals surface area contributed by atoms with E-state index in [-0.39, 0.29) is 5.91 Å². The number of hydrogen-bond donors (Lipinski definition) is 2. The molecule has 3 N–H and O–H groups in total. The minimum Gasteiger partial charge on any atom is -0.368 e. The van der Waals surface area contributed by atoms with Crippen molar-refractivity contribution in [3.05, 3.63) is 0 Å². The zero-order valence-electron chi connectivity index (χ0n) is 13.6. The molecule has 3 unspecified atom stereocenters. The van der Waals surface area contributed by atoms with Crippen LogP contribution in [0.5, 0.6) is 0 Å². The smallest absolute Gasteiger partial charge is 0.237 e. The monoisotopic (exact) mass is 293 g/mol. The van der Waals surface area contributed by atoms with E-state index in [0.29, 0.717) is 12.1 Å². The zero-order chi connectivity index (χ0) is 15.0. The Morgan fingerprint density at radius 1 is 1.29 bits per heavy atom. The molecule has 0 aromatic carbocycles. The Hall–Kier alpha value is -0.610. The maximum atomic E-state index is 12.1. The minimum atomic E-state index is -0.431. The molecule has 1 heterocycles. The lowest BCUT2D eigenvalue weighted by atomic mass is 9.77. The lowest BCUT2D eigenvalue weighted by Crippen LogP contribution is -2.61. The Labute approximate surface area is 128 Å². The van der Waals surface area contributed by atoms with Gasteiger partial charge in [0.15, 0.2) is 0 Å². The molecule has 0 bridgehead atoms. The molecule has 1 amide bonds. The van der Waals surface area contributed by atoms with E-state index in [4.69, 9.17) is 5.73 Å². The quantitative estimate of drug-likeness (QED) is 0.814. The van der Waals surface area contributed by atoms with Crippen molar-refractivity contribution in [3.63, 3.8) is 0 Å². The third kappa shape index (κ3) is 3.26. The van der Waals surface area contributed by atoms with Gasteiger partial charge in [-0.25, -0.2) is 0 Å². The Balaban J connectivity index is 1.65. The summed E-state index contributed by atoms with van der Waals surface area (Å²) in [6, 6.07) is 1.08. The van der Waals surface area contributed by atoms with Gasteiger partial charge in [0.2, 0.25) is 5.91 Å². The summed E-state index contributed by atoms with van der Waals surface area (Å²) in [6.07, 6.45) is 7.92. The average Bonchev–Trinajstić information content (AvgIpc) is 3.10. The number of nitrogens with two attached hydrogens (primary N) is 1. The molecule has 3 aliphatic rings. The molecule has 4 nitrogen and oxygen atoms in total. The van der Waals surface area contributed by atoms with E-state index in [2.05, 4.69) is 24.1 Å². The number of nitrogens with zero attached hydrogens (tertiary/aromatic N) is 1. The predicted molar refractivity (Wildman–Crippen MR) is 84.9 cm³/mol. The van der Waals surface area contributed by atoms with Gasteiger partial charge in [0, 0.05) is 18.6 Å². The van der Waals surface area contributed by atoms with Gasteiger partial charge < -0.3 is 16.0 Å². The van der Waals surface area contributed by atoms with Crippen LogP contribution in [0.3, 0.4) is 0 Å². The van der Waals surface area contributed by atoms with Crippen molar-refractivity contribution in [2.75, 3.05) is 13.1 Å². The van der Waals surface area contributed by atoms with Crippen LogP contribution in [0.4, 0.5) is 0 Å². The molecule has 21 heavy (non-hydrogen) atoms. The van der Waals surface area contributed by atoms with Crippen LogP contribution in [0.15, 0.2) is 0 Å². The molecule has 0 aromatic heterocycles. The summed E-state index contributed by atoms with van der Waals surface area (Å²) in [5.41, 5.74) is 5.36. The van der Waals surface area contributed by atoms with Crippen LogP contribution in [-0.2, 0) is 4.79 Å². The van der Waals surface area contributed by atoms with Crippen molar-refractivity contribution in [1.82, 2.24) is 10.2 Å². The van der Waals surface area contributed by atoms with Crippen molar-refractivity contribution < 1.29 is 4.79 Å². The maximum absolute atomic E-state index is 12.1. The maximum Gasteiger partial charge on any atom is 0.237 e. The van der Waals surface area contributed by atoms with Gasteiger partial charge in [0.05, 0.1) is 5.54 Å². The summed E-state index contributed by atoms with van der Waals surface area (Å²) in [7, 11) is 0. The number of primary amides is 1. The Bertz CT molecular complexity index is 393. The Morgan fingerprint density at radius 3 is 2.62 bits per heavy atom. The number of likely N-dealkylation sites (tertiary alicyclic amines) is 1. The van der Waals surface area contributed by atoms with Crippen molar-refractivity contribution in [2.24, 2.45) is 17.6 Å². The highest BCUT2D eigenvalue weighted by atomic mass is 16.1. The van der Waals surface area contributed by atoms with Crippen LogP contribution < -0.4 is 11.1 Å². The minimum absolute atomic E-state index is 0.126. The van der Waals surface area contributed by atoms with E-state index in [9.17, 15) is 4.79 Å². The summed E-state index contributed by atoms with van der Waals surface area (Å²) in [4.78, 5) is 14.7. The average molecular weight is 293 g/mol. The molecule has 3 rings (SSSR count). The van der Waals surface area contributed by atoms with Crippen molar-refractivity contribution >= 4 is 5.91 Å². The molecular weight excluding hydrogens is 262 g/mol. The zero-order valence-corrected chi connectivity index (χ0v) is 13.6. The highest BCUT2D eigenvalue weighted by Gasteiger charge is 2.46. The lowest BCUT2D eigenvalue weighted by molar-refractivity contribution is -0.126. The van der Waals surface area contributed by atoms with Gasteiger partial charge in [-0.3, -0.25) is 4.79 Å². The molecular formula is C17H31N3O. The van der Waals surface area contributed by atoms with E-state index in [1.165, 1.54) is 38.8 Å². The lowest BCUT2D eigenvalue weighted by Gasteiger charge is -2.42. The van der Waals surface area contributed by atoms with Crippen LogP contribution in [0.1, 0.15) is 58.8 Å². The van der Waals surface area contributed by atoms with Gasteiger partial charge in [-0.15, -0.1) is 0 Å². The molecule has 3 atom stereocenters. The van der Waals surface area contributed by atoms with Gasteiger partial charge in [0.1, 0.15) is 0 Å². The van der Waals surface area contributed by atoms with Crippen molar-refractivity contribution in [1.29, 1.82) is 0 Å². The third-order valence-electron chi connectivity index (χ3n) is 5.97. The largest absolute Gasteiger partial charge is 0.368 e. The SMILES string of the molecule is CC(C)C1CCN(C2CCCC(NC3CC3)(C(N)=O)C2)C1. The first kappa shape index (κ1) is 15.3. The molecule has 1 aliphatic heterocycles. The first-order chi connectivity index (χ1) is 10.00. The predicted octanol–water partition coefficient (Wildman–Crippen LogP) is 1.88. The molecule has 0 spiro atoms. The third-order valence-corrected chi connectivity index (χ3v) is 5.97. The fourth-order valence-electron chi connectivity index (χ4n) is 4.29. The normalized spacial score (nSPS) is 38.0. The molecule has 2 saturated carbocycles. The van der Waals surface area contributed by atoms with Gasteiger partial charge in [0.25, 0.3) is 0 Å². The highest BCUT2D eigenvalue weighted by Crippen LogP contribution is 2.37. The van der Waals surface area contributed by atoms with Crippen LogP contribution in [0, 0.1) is 11.8 Å². The summed E-state index contributed by atoms with van der Waals surface area (Å²) in [6.45, 7) is 7.07. The highest BCUT2D eigenvalue weighted by molar-refractivity contribution is 5.85. The second-order valence-electron chi connectivity index (χ2n) is 7.90. The molecule has 3 fully saturated rings. The Kier molecular flexibility index (Phi) is 4.28. The number of nitrogens with one attached hydrogen (secondary N) is 1. The molecule has 0 aromatic rings. The van der Waals surface area contributed by atoms with Crippen molar-refractivity contribution in [2.45, 2.75) is 76.4 Å². The van der Waals surface area contributed by atoms with Gasteiger partial charge in [-0.1, -0.05) is 13.8 Å². The topological polar surface area (TPSA) is 58.4 Å². The molecule has 1 saturated heterocycles. The van der Waals surface area contributed by atoms with E-state index < -0.39 is 5.54 Å². The van der Waals surface area contributed by atoms with Crippen molar-refractivity contribution in [3.8, 4) is 0 Å². The molecule has 4 heteroatoms. The van der Waals surface area contributed by atoms with Crippen LogP contribution in [-0.4, -0.2) is 41.5 Å². The van der Waals surface area contributed by atoms with Crippen LogP contribution in [0.25, 0.3) is 0 Å². The second-order valence-corrected chi connectivity index (χ2v) is 7.90. The summed E-state index contributed by atoms with van der Waals surface area (Å²) in [5.74, 6) is 1.47. The van der Waals surface area contributed by atoms with Gasteiger partial charge >= 0.3 is 0 Å². The van der Waals surface area contributed by atoms with E-state index in [0.717, 1.165) is 31.1 Å². The summed E-state index contributed by atoms with van der Waals surface area (Å²) in [5, 5.41) is 3.59. The van der Waals surface area contributed by atoms with Crippen LogP contribution >= 0.6 is 0 Å². The van der Waals surface area contributed by atoms with Crippen LogP contribution in [0.2, 0.25) is 0 Å². The van der Waals surface area contributed by atoms with E-state index >= 15 is 0 Å². The number of amides is 1. The molecule has 0 radical (unpaired) electrons. The number of hydrogen-bond acceptors (Lipinski definition) is 3. The fraction of sp³-hybridized carbons (Fsp3) is 0.941. The number of rotatable bonds is 5. The summed E-state index contributed by atoms with van der Waals surface area (Å²) < 4.78 is 0. The fourth-order valence-corrected chi connectivity index (χ4v) is 4.29.